The molecule has 0 saturated carbocycles. The molecule has 0 unspecified atom stereocenters. The van der Waals surface area contributed by atoms with Crippen LogP contribution in [0.2, 0.25) is 0 Å². The number of alkyl halides is 1. The van der Waals surface area contributed by atoms with E-state index in [0.717, 1.165) is 11.3 Å². The van der Waals surface area contributed by atoms with Crippen molar-refractivity contribution < 1.29 is 8.94 Å². The summed E-state index contributed by atoms with van der Waals surface area (Å²) in [6, 6.07) is 3.59. The van der Waals surface area contributed by atoms with Gasteiger partial charge in [0.1, 0.15) is 6.26 Å². The number of nitrogens with zero attached hydrogens (tertiary/aromatic N) is 1. The highest BCUT2D eigenvalue weighted by Gasteiger charge is 2.05. The number of rotatable bonds is 2. The molecule has 0 bridgehead atoms. The van der Waals surface area contributed by atoms with Crippen molar-refractivity contribution in [2.24, 2.45) is 0 Å². The highest BCUT2D eigenvalue weighted by molar-refractivity contribution is 6.16. The molecule has 0 saturated heterocycles. The average Bonchev–Trinajstić information content (AvgIpc) is 2.75. The molecule has 2 rings (SSSR count). The van der Waals surface area contributed by atoms with Crippen molar-refractivity contribution in [2.75, 3.05) is 0 Å². The lowest BCUT2D eigenvalue weighted by Gasteiger charge is -1.81. The molecule has 0 aromatic carbocycles. The van der Waals surface area contributed by atoms with Crippen molar-refractivity contribution in [3.8, 4) is 11.3 Å². The van der Waals surface area contributed by atoms with Gasteiger partial charge in [0.25, 0.3) is 0 Å². The van der Waals surface area contributed by atoms with E-state index in [4.69, 9.17) is 20.5 Å². The standard InChI is InChI=1S/C8H6ClNO2/c9-4-7-3-8(12-10-7)6-1-2-11-5-6/h1-3,5H,4H2. The fourth-order valence-corrected chi connectivity index (χ4v) is 1.04. The van der Waals surface area contributed by atoms with Crippen LogP contribution in [0.4, 0.5) is 0 Å². The lowest BCUT2D eigenvalue weighted by Crippen LogP contribution is -1.70. The van der Waals surface area contributed by atoms with Crippen molar-refractivity contribution in [3.05, 3.63) is 30.4 Å². The molecule has 3 nitrogen and oxygen atoms in total. The molecular weight excluding hydrogens is 178 g/mol. The van der Waals surface area contributed by atoms with Crippen molar-refractivity contribution in [1.29, 1.82) is 0 Å². The zero-order valence-corrected chi connectivity index (χ0v) is 6.91. The Morgan fingerprint density at radius 1 is 1.50 bits per heavy atom. The van der Waals surface area contributed by atoms with E-state index in [2.05, 4.69) is 5.16 Å². The molecule has 0 fully saturated rings. The van der Waals surface area contributed by atoms with Crippen LogP contribution in [0, 0.1) is 0 Å². The van der Waals surface area contributed by atoms with Gasteiger partial charge in [0, 0.05) is 6.07 Å². The zero-order valence-electron chi connectivity index (χ0n) is 6.16. The van der Waals surface area contributed by atoms with E-state index in [0.29, 0.717) is 11.6 Å². The van der Waals surface area contributed by atoms with Crippen LogP contribution in [-0.4, -0.2) is 5.16 Å². The van der Waals surface area contributed by atoms with Gasteiger partial charge < -0.3 is 8.94 Å². The summed E-state index contributed by atoms with van der Waals surface area (Å²) in [4.78, 5) is 0. The van der Waals surface area contributed by atoms with Crippen molar-refractivity contribution in [2.45, 2.75) is 5.88 Å². The molecule has 0 aliphatic rings. The summed E-state index contributed by atoms with van der Waals surface area (Å²) in [5.41, 5.74) is 1.60. The number of hydrogen-bond donors (Lipinski definition) is 0. The second-order valence-electron chi connectivity index (χ2n) is 2.33. The van der Waals surface area contributed by atoms with Gasteiger partial charge in [0.05, 0.1) is 23.4 Å². The van der Waals surface area contributed by atoms with E-state index in [1.807, 2.05) is 0 Å². The summed E-state index contributed by atoms with van der Waals surface area (Å²) in [6.45, 7) is 0. The minimum absolute atomic E-state index is 0.362. The van der Waals surface area contributed by atoms with Gasteiger partial charge >= 0.3 is 0 Å². The van der Waals surface area contributed by atoms with Gasteiger partial charge in [-0.1, -0.05) is 5.16 Å². The first-order valence-electron chi connectivity index (χ1n) is 3.44. The number of furan rings is 1. The van der Waals surface area contributed by atoms with Crippen molar-refractivity contribution in [3.63, 3.8) is 0 Å². The monoisotopic (exact) mass is 183 g/mol. The van der Waals surface area contributed by atoms with Crippen LogP contribution in [0.25, 0.3) is 11.3 Å². The lowest BCUT2D eigenvalue weighted by atomic mass is 10.2. The Morgan fingerprint density at radius 2 is 2.42 bits per heavy atom. The minimum Gasteiger partial charge on any atom is -0.472 e. The first-order chi connectivity index (χ1) is 5.90. The molecule has 2 heterocycles. The van der Waals surface area contributed by atoms with Crippen LogP contribution in [0.1, 0.15) is 5.69 Å². The summed E-state index contributed by atoms with van der Waals surface area (Å²) in [6.07, 6.45) is 3.18. The predicted molar refractivity (Wildman–Crippen MR) is 43.8 cm³/mol. The molecule has 0 amide bonds. The molecule has 12 heavy (non-hydrogen) atoms. The van der Waals surface area contributed by atoms with Crippen LogP contribution in [0.5, 0.6) is 0 Å². The molecule has 4 heteroatoms. The Hall–Kier alpha value is -1.22. The van der Waals surface area contributed by atoms with Crippen LogP contribution < -0.4 is 0 Å². The van der Waals surface area contributed by atoms with E-state index in [1.54, 1.807) is 24.7 Å². The summed E-state index contributed by atoms with van der Waals surface area (Å²) >= 11 is 5.56. The van der Waals surface area contributed by atoms with E-state index in [-0.39, 0.29) is 0 Å². The largest absolute Gasteiger partial charge is 0.472 e. The van der Waals surface area contributed by atoms with Gasteiger partial charge in [0.15, 0.2) is 5.76 Å². The maximum Gasteiger partial charge on any atom is 0.170 e. The molecule has 2 aromatic rings. The van der Waals surface area contributed by atoms with Gasteiger partial charge in [0.2, 0.25) is 0 Å². The van der Waals surface area contributed by atoms with Gasteiger partial charge in [-0.05, 0) is 6.07 Å². The van der Waals surface area contributed by atoms with E-state index < -0.39 is 0 Å². The summed E-state index contributed by atoms with van der Waals surface area (Å²) in [5, 5.41) is 3.74. The van der Waals surface area contributed by atoms with E-state index in [9.17, 15) is 0 Å². The Morgan fingerprint density at radius 3 is 3.00 bits per heavy atom. The third-order valence-corrected chi connectivity index (χ3v) is 1.78. The molecule has 0 radical (unpaired) electrons. The Bertz CT molecular complexity index is 353. The SMILES string of the molecule is ClCc1cc(-c2ccoc2)on1. The third-order valence-electron chi connectivity index (χ3n) is 1.50. The fraction of sp³-hybridized carbons (Fsp3) is 0.125. The van der Waals surface area contributed by atoms with Gasteiger partial charge in [-0.25, -0.2) is 0 Å². The van der Waals surface area contributed by atoms with Crippen LogP contribution in [0.3, 0.4) is 0 Å². The summed E-state index contributed by atoms with van der Waals surface area (Å²) in [5.74, 6) is 1.04. The van der Waals surface area contributed by atoms with Gasteiger partial charge in [-0.2, -0.15) is 0 Å². The van der Waals surface area contributed by atoms with Crippen LogP contribution >= 0.6 is 11.6 Å². The van der Waals surface area contributed by atoms with Crippen LogP contribution in [0.15, 0.2) is 33.6 Å². The lowest BCUT2D eigenvalue weighted by molar-refractivity contribution is 0.425. The van der Waals surface area contributed by atoms with Gasteiger partial charge in [-0.15, -0.1) is 11.6 Å². The van der Waals surface area contributed by atoms with E-state index >= 15 is 0 Å². The first kappa shape index (κ1) is 7.43. The Balaban J connectivity index is 2.35. The maximum absolute atomic E-state index is 5.56. The molecule has 0 N–H and O–H groups in total. The Labute approximate surface area is 73.9 Å². The molecule has 0 aliphatic carbocycles. The number of aromatic nitrogens is 1. The first-order valence-corrected chi connectivity index (χ1v) is 3.98. The quantitative estimate of drug-likeness (QED) is 0.672. The molecule has 2 aromatic heterocycles. The van der Waals surface area contributed by atoms with E-state index in [1.165, 1.54) is 0 Å². The smallest absolute Gasteiger partial charge is 0.170 e. The number of hydrogen-bond acceptors (Lipinski definition) is 3. The second kappa shape index (κ2) is 3.03. The normalized spacial score (nSPS) is 10.4. The molecular formula is C8H6ClNO2. The average molecular weight is 184 g/mol. The second-order valence-corrected chi connectivity index (χ2v) is 2.60. The van der Waals surface area contributed by atoms with Crippen LogP contribution in [-0.2, 0) is 5.88 Å². The third kappa shape index (κ3) is 1.23. The Kier molecular flexibility index (Phi) is 1.87. The molecule has 0 spiro atoms. The minimum atomic E-state index is 0.362. The number of halogens is 1. The highest BCUT2D eigenvalue weighted by atomic mass is 35.5. The van der Waals surface area contributed by atoms with Crippen molar-refractivity contribution in [1.82, 2.24) is 5.16 Å². The molecule has 0 aliphatic heterocycles. The summed E-state index contributed by atoms with van der Waals surface area (Å²) in [7, 11) is 0. The fourth-order valence-electron chi connectivity index (χ4n) is 0.916. The maximum atomic E-state index is 5.56. The molecule has 62 valence electrons. The predicted octanol–water partition coefficient (Wildman–Crippen LogP) is 2.67. The molecule has 0 atom stereocenters. The van der Waals surface area contributed by atoms with Gasteiger partial charge in [-0.3, -0.25) is 0 Å². The summed E-state index contributed by atoms with van der Waals surface area (Å²) < 4.78 is 9.90. The highest BCUT2D eigenvalue weighted by Crippen LogP contribution is 2.20. The topological polar surface area (TPSA) is 39.2 Å². The zero-order chi connectivity index (χ0) is 8.39. The van der Waals surface area contributed by atoms with Crippen molar-refractivity contribution >= 4 is 11.6 Å².